The Morgan fingerprint density at radius 2 is 1.95 bits per heavy atom. The Labute approximate surface area is 118 Å². The first-order valence-corrected chi connectivity index (χ1v) is 6.56. The molecule has 1 unspecified atom stereocenters. The topological polar surface area (TPSA) is 75.6 Å². The van der Waals surface area contributed by atoms with Gasteiger partial charge in [-0.25, -0.2) is 4.79 Å². The van der Waals surface area contributed by atoms with Crippen molar-refractivity contribution in [1.82, 2.24) is 0 Å². The Kier molecular flexibility index (Phi) is 5.55. The van der Waals surface area contributed by atoms with Crippen LogP contribution < -0.4 is 10.1 Å². The first kappa shape index (κ1) is 16.0. The van der Waals surface area contributed by atoms with Gasteiger partial charge in [0.1, 0.15) is 5.75 Å². The van der Waals surface area contributed by atoms with Gasteiger partial charge in [-0.3, -0.25) is 4.79 Å². The van der Waals surface area contributed by atoms with E-state index in [2.05, 4.69) is 19.2 Å². The molecule has 20 heavy (non-hydrogen) atoms. The number of nitrogens with one attached hydrogen (secondary N) is 1. The van der Waals surface area contributed by atoms with Crippen molar-refractivity contribution in [2.24, 2.45) is 11.8 Å². The zero-order valence-electron chi connectivity index (χ0n) is 12.3. The molecular weight excluding hydrogens is 258 g/mol. The Morgan fingerprint density at radius 1 is 1.30 bits per heavy atom. The number of aromatic carboxylic acids is 1. The SMILES string of the molecule is COc1cc(C(=O)O)ccc1NC(=O)CC(C)C(C)C. The summed E-state index contributed by atoms with van der Waals surface area (Å²) >= 11 is 0. The molecule has 0 fully saturated rings. The maximum absolute atomic E-state index is 11.9. The average Bonchev–Trinajstić information content (AvgIpc) is 2.38. The third kappa shape index (κ3) is 4.26. The fourth-order valence-corrected chi connectivity index (χ4v) is 1.66. The largest absolute Gasteiger partial charge is 0.495 e. The van der Waals surface area contributed by atoms with E-state index in [0.717, 1.165) is 0 Å². The van der Waals surface area contributed by atoms with Crippen LogP contribution in [-0.2, 0) is 4.79 Å². The molecule has 0 aliphatic carbocycles. The number of benzene rings is 1. The summed E-state index contributed by atoms with van der Waals surface area (Å²) in [6.07, 6.45) is 0.418. The molecule has 1 aromatic rings. The van der Waals surface area contributed by atoms with Crippen LogP contribution in [0.3, 0.4) is 0 Å². The van der Waals surface area contributed by atoms with E-state index in [1.165, 1.54) is 19.2 Å². The number of amides is 1. The van der Waals surface area contributed by atoms with Crippen LogP contribution in [0.25, 0.3) is 0 Å². The summed E-state index contributed by atoms with van der Waals surface area (Å²) in [4.78, 5) is 22.8. The zero-order chi connectivity index (χ0) is 15.3. The van der Waals surface area contributed by atoms with E-state index in [-0.39, 0.29) is 17.4 Å². The lowest BCUT2D eigenvalue weighted by Crippen LogP contribution is -2.18. The van der Waals surface area contributed by atoms with Crippen LogP contribution in [-0.4, -0.2) is 24.1 Å². The van der Waals surface area contributed by atoms with Crippen molar-refractivity contribution in [3.8, 4) is 5.75 Å². The molecule has 1 aromatic carbocycles. The van der Waals surface area contributed by atoms with Crippen molar-refractivity contribution in [3.63, 3.8) is 0 Å². The number of carboxylic acid groups (broad SMARTS) is 1. The number of rotatable bonds is 6. The number of ether oxygens (including phenoxy) is 1. The summed E-state index contributed by atoms with van der Waals surface area (Å²) in [5.41, 5.74) is 0.605. The average molecular weight is 279 g/mol. The third-order valence-electron chi connectivity index (χ3n) is 3.37. The first-order chi connectivity index (χ1) is 9.35. The van der Waals surface area contributed by atoms with Gasteiger partial charge in [-0.15, -0.1) is 0 Å². The highest BCUT2D eigenvalue weighted by Crippen LogP contribution is 2.26. The normalized spacial score (nSPS) is 12.1. The summed E-state index contributed by atoms with van der Waals surface area (Å²) < 4.78 is 5.11. The maximum atomic E-state index is 11.9. The van der Waals surface area contributed by atoms with Crippen molar-refractivity contribution < 1.29 is 19.4 Å². The fourth-order valence-electron chi connectivity index (χ4n) is 1.66. The molecule has 5 nitrogen and oxygen atoms in total. The van der Waals surface area contributed by atoms with Gasteiger partial charge in [0.05, 0.1) is 18.4 Å². The molecule has 0 radical (unpaired) electrons. The molecule has 0 aromatic heterocycles. The Morgan fingerprint density at radius 3 is 2.45 bits per heavy atom. The van der Waals surface area contributed by atoms with Crippen molar-refractivity contribution in [2.45, 2.75) is 27.2 Å². The van der Waals surface area contributed by atoms with Crippen LogP contribution in [0.2, 0.25) is 0 Å². The van der Waals surface area contributed by atoms with Gasteiger partial charge >= 0.3 is 5.97 Å². The summed E-state index contributed by atoms with van der Waals surface area (Å²) in [6.45, 7) is 6.16. The van der Waals surface area contributed by atoms with E-state index < -0.39 is 5.97 Å². The quantitative estimate of drug-likeness (QED) is 0.839. The predicted molar refractivity (Wildman–Crippen MR) is 77.2 cm³/mol. The highest BCUT2D eigenvalue weighted by atomic mass is 16.5. The van der Waals surface area contributed by atoms with Crippen LogP contribution in [0.1, 0.15) is 37.6 Å². The van der Waals surface area contributed by atoms with Crippen LogP contribution >= 0.6 is 0 Å². The number of hydrogen-bond donors (Lipinski definition) is 2. The van der Waals surface area contributed by atoms with E-state index in [1.807, 2.05) is 6.92 Å². The van der Waals surface area contributed by atoms with Gasteiger partial charge in [-0.2, -0.15) is 0 Å². The predicted octanol–water partition coefficient (Wildman–Crippen LogP) is 3.01. The standard InChI is InChI=1S/C15H21NO4/c1-9(2)10(3)7-14(17)16-12-6-5-11(15(18)19)8-13(12)20-4/h5-6,8-10H,7H2,1-4H3,(H,16,17)(H,18,19). The van der Waals surface area contributed by atoms with Crippen LogP contribution in [0.4, 0.5) is 5.69 Å². The van der Waals surface area contributed by atoms with E-state index in [0.29, 0.717) is 23.8 Å². The van der Waals surface area contributed by atoms with Gasteiger partial charge in [-0.1, -0.05) is 20.8 Å². The smallest absolute Gasteiger partial charge is 0.335 e. The minimum Gasteiger partial charge on any atom is -0.495 e. The monoisotopic (exact) mass is 279 g/mol. The van der Waals surface area contributed by atoms with Crippen LogP contribution in [0.5, 0.6) is 5.75 Å². The van der Waals surface area contributed by atoms with Crippen LogP contribution in [0.15, 0.2) is 18.2 Å². The van der Waals surface area contributed by atoms with E-state index >= 15 is 0 Å². The van der Waals surface area contributed by atoms with Crippen molar-refractivity contribution in [1.29, 1.82) is 0 Å². The number of methoxy groups -OCH3 is 1. The Hall–Kier alpha value is -2.04. The number of hydrogen-bond acceptors (Lipinski definition) is 3. The van der Waals surface area contributed by atoms with E-state index in [9.17, 15) is 9.59 Å². The maximum Gasteiger partial charge on any atom is 0.335 e. The second-order valence-electron chi connectivity index (χ2n) is 5.19. The van der Waals surface area contributed by atoms with Gasteiger partial charge in [0, 0.05) is 6.42 Å². The number of anilines is 1. The fraction of sp³-hybridized carbons (Fsp3) is 0.467. The van der Waals surface area contributed by atoms with Gasteiger partial charge in [0.15, 0.2) is 0 Å². The lowest BCUT2D eigenvalue weighted by atomic mass is 9.94. The van der Waals surface area contributed by atoms with E-state index in [4.69, 9.17) is 9.84 Å². The number of carbonyl (C=O) groups is 2. The zero-order valence-corrected chi connectivity index (χ0v) is 12.3. The number of carboxylic acids is 1. The van der Waals surface area contributed by atoms with Gasteiger partial charge in [-0.05, 0) is 30.0 Å². The lowest BCUT2D eigenvalue weighted by Gasteiger charge is -2.16. The molecule has 0 spiro atoms. The van der Waals surface area contributed by atoms with Crippen LogP contribution in [0, 0.1) is 11.8 Å². The molecule has 1 amide bonds. The van der Waals surface area contributed by atoms with E-state index in [1.54, 1.807) is 6.07 Å². The highest BCUT2D eigenvalue weighted by molar-refractivity contribution is 5.94. The molecule has 110 valence electrons. The van der Waals surface area contributed by atoms with Crippen molar-refractivity contribution in [2.75, 3.05) is 12.4 Å². The van der Waals surface area contributed by atoms with Gasteiger partial charge in [0.25, 0.3) is 0 Å². The molecule has 1 atom stereocenters. The highest BCUT2D eigenvalue weighted by Gasteiger charge is 2.15. The molecule has 1 rings (SSSR count). The van der Waals surface area contributed by atoms with Gasteiger partial charge in [0.2, 0.25) is 5.91 Å². The molecule has 0 heterocycles. The lowest BCUT2D eigenvalue weighted by molar-refractivity contribution is -0.117. The molecule has 2 N–H and O–H groups in total. The Bertz CT molecular complexity index is 497. The molecule has 0 bridgehead atoms. The summed E-state index contributed by atoms with van der Waals surface area (Å²) in [5, 5.41) is 11.7. The van der Waals surface area contributed by atoms with Gasteiger partial charge < -0.3 is 15.2 Å². The minimum absolute atomic E-state index is 0.104. The minimum atomic E-state index is -1.03. The molecule has 0 aliphatic rings. The molecule has 0 saturated heterocycles. The molecule has 0 aliphatic heterocycles. The Balaban J connectivity index is 2.82. The second kappa shape index (κ2) is 6.93. The van der Waals surface area contributed by atoms with Crippen molar-refractivity contribution in [3.05, 3.63) is 23.8 Å². The molecule has 0 saturated carbocycles. The summed E-state index contributed by atoms with van der Waals surface area (Å²) in [6, 6.07) is 4.37. The van der Waals surface area contributed by atoms with Crippen molar-refractivity contribution >= 4 is 17.6 Å². The number of carbonyl (C=O) groups excluding carboxylic acids is 1. The third-order valence-corrected chi connectivity index (χ3v) is 3.37. The molecule has 5 heteroatoms. The summed E-state index contributed by atoms with van der Waals surface area (Å²) in [7, 11) is 1.44. The second-order valence-corrected chi connectivity index (χ2v) is 5.19. The molecular formula is C15H21NO4. The first-order valence-electron chi connectivity index (χ1n) is 6.56. The summed E-state index contributed by atoms with van der Waals surface area (Å²) in [5.74, 6) is -0.0889.